The molecule has 0 aliphatic rings. The Hall–Kier alpha value is -1.67. The van der Waals surface area contributed by atoms with E-state index in [0.717, 1.165) is 16.0 Å². The minimum absolute atomic E-state index is 0.728. The second-order valence-electron chi connectivity index (χ2n) is 3.92. The summed E-state index contributed by atoms with van der Waals surface area (Å²) in [7, 11) is 0. The van der Waals surface area contributed by atoms with Gasteiger partial charge in [-0.1, -0.05) is 30.3 Å². The SMILES string of the molecule is Nc1ccc2cc3ccccc3cc2c1S. The second-order valence-corrected chi connectivity index (χ2v) is 4.37. The Balaban J connectivity index is 2.51. The van der Waals surface area contributed by atoms with Gasteiger partial charge in [0.15, 0.2) is 0 Å². The third-order valence-corrected chi connectivity index (χ3v) is 3.39. The smallest absolute Gasteiger partial charge is 0.0456 e. The molecule has 0 saturated heterocycles. The molecule has 1 nitrogen and oxygen atoms in total. The molecule has 2 heteroatoms. The van der Waals surface area contributed by atoms with Crippen molar-refractivity contribution in [3.05, 3.63) is 48.5 Å². The van der Waals surface area contributed by atoms with Gasteiger partial charge in [0.25, 0.3) is 0 Å². The first-order chi connectivity index (χ1) is 7.75. The van der Waals surface area contributed by atoms with Crippen LogP contribution in [-0.4, -0.2) is 0 Å². The third-order valence-electron chi connectivity index (χ3n) is 2.89. The van der Waals surface area contributed by atoms with Crippen molar-refractivity contribution < 1.29 is 0 Å². The molecule has 0 fully saturated rings. The fraction of sp³-hybridized carbons (Fsp3) is 0. The topological polar surface area (TPSA) is 26.0 Å². The van der Waals surface area contributed by atoms with Crippen LogP contribution in [0.25, 0.3) is 21.5 Å². The zero-order chi connectivity index (χ0) is 11.1. The molecule has 0 bridgehead atoms. The molecule has 3 aromatic rings. The lowest BCUT2D eigenvalue weighted by molar-refractivity contribution is 1.56. The number of fused-ring (bicyclic) bond motifs is 2. The summed E-state index contributed by atoms with van der Waals surface area (Å²) < 4.78 is 0. The van der Waals surface area contributed by atoms with E-state index in [4.69, 9.17) is 5.73 Å². The summed E-state index contributed by atoms with van der Waals surface area (Å²) in [5, 5.41) is 4.75. The predicted molar refractivity (Wildman–Crippen MR) is 73.1 cm³/mol. The minimum atomic E-state index is 0.728. The van der Waals surface area contributed by atoms with Crippen molar-refractivity contribution in [1.29, 1.82) is 0 Å². The summed E-state index contributed by atoms with van der Waals surface area (Å²) in [6, 6.07) is 16.6. The molecular weight excluding hydrogens is 214 g/mol. The van der Waals surface area contributed by atoms with Crippen LogP contribution >= 0.6 is 12.6 Å². The normalized spacial score (nSPS) is 11.1. The zero-order valence-electron chi connectivity index (χ0n) is 8.64. The first-order valence-electron chi connectivity index (χ1n) is 5.16. The minimum Gasteiger partial charge on any atom is -0.398 e. The van der Waals surface area contributed by atoms with Crippen molar-refractivity contribution in [1.82, 2.24) is 0 Å². The fourth-order valence-corrected chi connectivity index (χ4v) is 2.28. The van der Waals surface area contributed by atoms with Gasteiger partial charge in [0.1, 0.15) is 0 Å². The standard InChI is InChI=1S/C14H11NS/c15-13-6-5-11-7-9-3-1-2-4-10(9)8-12(11)14(13)16/h1-8,16H,15H2. The Morgan fingerprint density at radius 2 is 1.50 bits per heavy atom. The van der Waals surface area contributed by atoms with E-state index in [2.05, 4.69) is 36.9 Å². The van der Waals surface area contributed by atoms with Gasteiger partial charge in [0.2, 0.25) is 0 Å². The molecule has 0 atom stereocenters. The van der Waals surface area contributed by atoms with Crippen LogP contribution in [0.1, 0.15) is 0 Å². The Kier molecular flexibility index (Phi) is 2.04. The lowest BCUT2D eigenvalue weighted by Crippen LogP contribution is -1.87. The number of benzene rings is 3. The van der Waals surface area contributed by atoms with E-state index >= 15 is 0 Å². The largest absolute Gasteiger partial charge is 0.398 e. The third kappa shape index (κ3) is 1.34. The average Bonchev–Trinajstić information content (AvgIpc) is 2.32. The van der Waals surface area contributed by atoms with Gasteiger partial charge in [-0.15, -0.1) is 12.6 Å². The molecule has 2 N–H and O–H groups in total. The molecule has 0 radical (unpaired) electrons. The number of thiol groups is 1. The van der Waals surface area contributed by atoms with E-state index in [-0.39, 0.29) is 0 Å². The summed E-state index contributed by atoms with van der Waals surface area (Å²) >= 11 is 4.46. The molecule has 3 rings (SSSR count). The Labute approximate surface area is 99.3 Å². The molecule has 78 valence electrons. The molecule has 0 aliphatic carbocycles. The van der Waals surface area contributed by atoms with Gasteiger partial charge in [0, 0.05) is 10.6 Å². The van der Waals surface area contributed by atoms with Crippen molar-refractivity contribution in [2.45, 2.75) is 4.90 Å². The van der Waals surface area contributed by atoms with Gasteiger partial charge in [-0.05, 0) is 39.7 Å². The van der Waals surface area contributed by atoms with E-state index in [1.165, 1.54) is 16.2 Å². The quantitative estimate of drug-likeness (QED) is 0.339. The van der Waals surface area contributed by atoms with Crippen molar-refractivity contribution in [3.8, 4) is 0 Å². The zero-order valence-corrected chi connectivity index (χ0v) is 9.54. The van der Waals surface area contributed by atoms with Gasteiger partial charge in [0.05, 0.1) is 0 Å². The summed E-state index contributed by atoms with van der Waals surface area (Å²) in [5.41, 5.74) is 6.58. The summed E-state index contributed by atoms with van der Waals surface area (Å²) in [6.45, 7) is 0. The highest BCUT2D eigenvalue weighted by Crippen LogP contribution is 2.30. The fourth-order valence-electron chi connectivity index (χ4n) is 2.01. The van der Waals surface area contributed by atoms with Crippen molar-refractivity contribution in [2.24, 2.45) is 0 Å². The van der Waals surface area contributed by atoms with Crippen LogP contribution in [0.15, 0.2) is 53.4 Å². The number of hydrogen-bond donors (Lipinski definition) is 2. The maximum Gasteiger partial charge on any atom is 0.0456 e. The van der Waals surface area contributed by atoms with Crippen molar-refractivity contribution in [2.75, 3.05) is 5.73 Å². The van der Waals surface area contributed by atoms with Gasteiger partial charge in [-0.25, -0.2) is 0 Å². The molecule has 0 unspecified atom stereocenters. The van der Waals surface area contributed by atoms with Crippen molar-refractivity contribution >= 4 is 39.9 Å². The number of nitrogen functional groups attached to an aromatic ring is 1. The Morgan fingerprint density at radius 1 is 0.812 bits per heavy atom. The van der Waals surface area contributed by atoms with Crippen LogP contribution < -0.4 is 5.73 Å². The van der Waals surface area contributed by atoms with E-state index < -0.39 is 0 Å². The molecule has 0 saturated carbocycles. The van der Waals surface area contributed by atoms with Gasteiger partial charge < -0.3 is 5.73 Å². The van der Waals surface area contributed by atoms with Crippen LogP contribution in [0.2, 0.25) is 0 Å². The average molecular weight is 225 g/mol. The number of nitrogens with two attached hydrogens (primary N) is 1. The molecule has 0 amide bonds. The lowest BCUT2D eigenvalue weighted by atomic mass is 10.0. The Bertz CT molecular complexity index is 689. The van der Waals surface area contributed by atoms with Gasteiger partial charge in [-0.2, -0.15) is 0 Å². The lowest BCUT2D eigenvalue weighted by Gasteiger charge is -2.06. The van der Waals surface area contributed by atoms with Gasteiger partial charge in [-0.3, -0.25) is 0 Å². The van der Waals surface area contributed by atoms with Crippen LogP contribution in [0.5, 0.6) is 0 Å². The second kappa shape index (κ2) is 3.42. The molecule has 0 aromatic heterocycles. The first kappa shape index (κ1) is 9.55. The summed E-state index contributed by atoms with van der Waals surface area (Å²) in [4.78, 5) is 0.864. The molecule has 0 spiro atoms. The summed E-state index contributed by atoms with van der Waals surface area (Å²) in [5.74, 6) is 0. The first-order valence-corrected chi connectivity index (χ1v) is 5.60. The number of rotatable bonds is 0. The van der Waals surface area contributed by atoms with E-state index in [1.807, 2.05) is 24.3 Å². The maximum atomic E-state index is 5.85. The Morgan fingerprint density at radius 3 is 2.25 bits per heavy atom. The molecule has 3 aromatic carbocycles. The van der Waals surface area contributed by atoms with Crippen LogP contribution in [0.4, 0.5) is 5.69 Å². The highest BCUT2D eigenvalue weighted by atomic mass is 32.1. The number of hydrogen-bond acceptors (Lipinski definition) is 2. The molecular formula is C14H11NS. The molecule has 0 heterocycles. The van der Waals surface area contributed by atoms with E-state index in [9.17, 15) is 0 Å². The van der Waals surface area contributed by atoms with Crippen LogP contribution in [0.3, 0.4) is 0 Å². The summed E-state index contributed by atoms with van der Waals surface area (Å²) in [6.07, 6.45) is 0. The highest BCUT2D eigenvalue weighted by molar-refractivity contribution is 7.80. The molecule has 0 aliphatic heterocycles. The predicted octanol–water partition coefficient (Wildman–Crippen LogP) is 3.86. The van der Waals surface area contributed by atoms with Crippen LogP contribution in [0, 0.1) is 0 Å². The molecule has 16 heavy (non-hydrogen) atoms. The van der Waals surface area contributed by atoms with Crippen LogP contribution in [-0.2, 0) is 0 Å². The van der Waals surface area contributed by atoms with E-state index in [0.29, 0.717) is 0 Å². The van der Waals surface area contributed by atoms with Gasteiger partial charge >= 0.3 is 0 Å². The maximum absolute atomic E-state index is 5.85. The monoisotopic (exact) mass is 225 g/mol. The highest BCUT2D eigenvalue weighted by Gasteiger charge is 2.03. The number of anilines is 1. The van der Waals surface area contributed by atoms with Crippen molar-refractivity contribution in [3.63, 3.8) is 0 Å². The van der Waals surface area contributed by atoms with E-state index in [1.54, 1.807) is 0 Å².